The number of piperidine rings is 1. The van der Waals surface area contributed by atoms with Crippen LogP contribution in [0.25, 0.3) is 10.9 Å². The Morgan fingerprint density at radius 2 is 1.77 bits per heavy atom. The number of aromatic nitrogens is 1. The van der Waals surface area contributed by atoms with Crippen LogP contribution in [-0.2, 0) is 12.7 Å². The summed E-state index contributed by atoms with van der Waals surface area (Å²) in [7, 11) is 0. The van der Waals surface area contributed by atoms with Crippen molar-refractivity contribution in [3.8, 4) is 5.75 Å². The maximum absolute atomic E-state index is 13.0. The Balaban J connectivity index is 0.00000267. The van der Waals surface area contributed by atoms with E-state index in [0.717, 1.165) is 67.2 Å². The molecule has 0 aliphatic carbocycles. The highest BCUT2D eigenvalue weighted by Crippen LogP contribution is 2.34. The smallest absolute Gasteiger partial charge is 0.416 e. The van der Waals surface area contributed by atoms with Gasteiger partial charge < -0.3 is 4.74 Å². The third kappa shape index (κ3) is 9.41. The first-order valence-corrected chi connectivity index (χ1v) is 13.5. The SMILES string of the molecule is Cl.Cl.O=[N+]([O-])c1cc(CN2CCCCC2)ccc1OCCCCCSc1ccnc2cc(C(F)(F)F)ccc12. The van der Waals surface area contributed by atoms with Crippen LogP contribution < -0.4 is 4.74 Å². The Labute approximate surface area is 242 Å². The number of thioether (sulfide) groups is 1. The van der Waals surface area contributed by atoms with Crippen LogP contribution in [0, 0.1) is 10.1 Å². The molecule has 2 aromatic carbocycles. The number of alkyl halides is 3. The van der Waals surface area contributed by atoms with Gasteiger partial charge in [-0.1, -0.05) is 18.6 Å². The second-order valence-corrected chi connectivity index (χ2v) is 10.3. The second-order valence-electron chi connectivity index (χ2n) is 9.19. The summed E-state index contributed by atoms with van der Waals surface area (Å²) in [5.41, 5.74) is 0.558. The molecule has 2 heterocycles. The Bertz CT molecular complexity index is 1230. The van der Waals surface area contributed by atoms with Crippen LogP contribution in [0.3, 0.4) is 0 Å². The highest BCUT2D eigenvalue weighted by Gasteiger charge is 2.30. The van der Waals surface area contributed by atoms with Crippen molar-refractivity contribution in [2.24, 2.45) is 0 Å². The minimum absolute atomic E-state index is 0. The van der Waals surface area contributed by atoms with Gasteiger partial charge in [0.15, 0.2) is 5.75 Å². The summed E-state index contributed by atoms with van der Waals surface area (Å²) >= 11 is 1.58. The van der Waals surface area contributed by atoms with Gasteiger partial charge in [0, 0.05) is 29.1 Å². The fourth-order valence-corrected chi connectivity index (χ4v) is 5.52. The van der Waals surface area contributed by atoms with E-state index >= 15 is 0 Å². The molecule has 0 saturated carbocycles. The number of benzene rings is 2. The molecule has 3 aromatic rings. The summed E-state index contributed by atoms with van der Waals surface area (Å²) in [6, 6.07) is 10.7. The Kier molecular flexibility index (Phi) is 13.1. The van der Waals surface area contributed by atoms with Crippen molar-refractivity contribution < 1.29 is 22.8 Å². The molecule has 0 bridgehead atoms. The van der Waals surface area contributed by atoms with Crippen LogP contribution in [0.2, 0.25) is 0 Å². The van der Waals surface area contributed by atoms with E-state index in [1.807, 2.05) is 12.1 Å². The molecule has 0 atom stereocenters. The number of nitro groups is 1. The minimum Gasteiger partial charge on any atom is -0.487 e. The molecule has 1 aromatic heterocycles. The number of nitro benzene ring substituents is 1. The quantitative estimate of drug-likeness (QED) is 0.0946. The Morgan fingerprint density at radius 3 is 2.49 bits per heavy atom. The summed E-state index contributed by atoms with van der Waals surface area (Å²) in [6.45, 7) is 3.16. The fourth-order valence-electron chi connectivity index (χ4n) is 4.47. The summed E-state index contributed by atoms with van der Waals surface area (Å²) in [4.78, 5) is 18.5. The van der Waals surface area contributed by atoms with Gasteiger partial charge in [-0.25, -0.2) is 0 Å². The molecule has 1 aliphatic heterocycles. The van der Waals surface area contributed by atoms with E-state index in [0.29, 0.717) is 23.3 Å². The maximum Gasteiger partial charge on any atom is 0.416 e. The van der Waals surface area contributed by atoms with Gasteiger partial charge in [0.2, 0.25) is 0 Å². The van der Waals surface area contributed by atoms with Crippen molar-refractivity contribution in [1.29, 1.82) is 0 Å². The van der Waals surface area contributed by atoms with E-state index in [1.165, 1.54) is 31.5 Å². The average Bonchev–Trinajstić information content (AvgIpc) is 2.88. The molecule has 0 radical (unpaired) electrons. The standard InChI is InChI=1S/C27H30F3N3O3S.2ClH/c28-27(29,30)21-8-9-22-23(18-21)31-12-11-26(22)37-16-6-2-5-15-36-25-10-7-20(17-24(25)33(34)35)19-32-13-3-1-4-14-32;;/h7-12,17-18H,1-6,13-16,19H2;2*1H. The first kappa shape index (κ1) is 32.9. The summed E-state index contributed by atoms with van der Waals surface area (Å²) in [6.07, 6.45) is 3.23. The van der Waals surface area contributed by atoms with Crippen molar-refractivity contribution in [2.45, 2.75) is 56.1 Å². The number of hydrogen-bond donors (Lipinski definition) is 0. The van der Waals surface area contributed by atoms with E-state index < -0.39 is 11.7 Å². The molecule has 12 heteroatoms. The van der Waals surface area contributed by atoms with Crippen molar-refractivity contribution in [2.75, 3.05) is 25.4 Å². The number of ether oxygens (including phenoxy) is 1. The molecule has 39 heavy (non-hydrogen) atoms. The Hall–Kier alpha value is -2.27. The molecule has 1 aliphatic rings. The maximum atomic E-state index is 13.0. The second kappa shape index (κ2) is 15.5. The molecule has 1 saturated heterocycles. The summed E-state index contributed by atoms with van der Waals surface area (Å²) in [5.74, 6) is 1.09. The van der Waals surface area contributed by atoms with Gasteiger partial charge in [-0.05, 0) is 80.8 Å². The lowest BCUT2D eigenvalue weighted by Crippen LogP contribution is -2.29. The highest BCUT2D eigenvalue weighted by molar-refractivity contribution is 7.99. The molecule has 214 valence electrons. The van der Waals surface area contributed by atoms with Crippen molar-refractivity contribution in [1.82, 2.24) is 9.88 Å². The number of halogens is 5. The third-order valence-corrected chi connectivity index (χ3v) is 7.57. The zero-order chi connectivity index (χ0) is 26.3. The topological polar surface area (TPSA) is 68.5 Å². The first-order chi connectivity index (χ1) is 17.8. The highest BCUT2D eigenvalue weighted by atomic mass is 35.5. The molecular formula is C27H32Cl2F3N3O3S. The van der Waals surface area contributed by atoms with Gasteiger partial charge in [0.1, 0.15) is 0 Å². The number of hydrogen-bond acceptors (Lipinski definition) is 6. The molecular weight excluding hydrogens is 574 g/mol. The van der Waals surface area contributed by atoms with Crippen LogP contribution in [0.4, 0.5) is 18.9 Å². The number of nitrogens with zero attached hydrogens (tertiary/aromatic N) is 3. The van der Waals surface area contributed by atoms with Crippen LogP contribution in [0.15, 0.2) is 53.6 Å². The van der Waals surface area contributed by atoms with Crippen molar-refractivity contribution >= 4 is 53.2 Å². The van der Waals surface area contributed by atoms with Gasteiger partial charge in [-0.2, -0.15) is 13.2 Å². The van der Waals surface area contributed by atoms with Crippen LogP contribution in [-0.4, -0.2) is 40.3 Å². The first-order valence-electron chi connectivity index (χ1n) is 12.5. The number of likely N-dealkylation sites (tertiary alicyclic amines) is 1. The van der Waals surface area contributed by atoms with Crippen LogP contribution >= 0.6 is 36.6 Å². The van der Waals surface area contributed by atoms with Gasteiger partial charge >= 0.3 is 11.9 Å². The Morgan fingerprint density at radius 1 is 1.00 bits per heavy atom. The van der Waals surface area contributed by atoms with Crippen molar-refractivity contribution in [3.05, 3.63) is 69.9 Å². The largest absolute Gasteiger partial charge is 0.487 e. The zero-order valence-corrected chi connectivity index (χ0v) is 23.8. The normalized spacial score (nSPS) is 13.9. The summed E-state index contributed by atoms with van der Waals surface area (Å²) in [5, 5.41) is 12.3. The lowest BCUT2D eigenvalue weighted by Gasteiger charge is -2.26. The lowest BCUT2D eigenvalue weighted by molar-refractivity contribution is -0.385. The molecule has 1 fully saturated rings. The zero-order valence-electron chi connectivity index (χ0n) is 21.3. The van der Waals surface area contributed by atoms with E-state index in [1.54, 1.807) is 23.9 Å². The molecule has 0 amide bonds. The van der Waals surface area contributed by atoms with Gasteiger partial charge in [0.05, 0.1) is 22.6 Å². The predicted octanol–water partition coefficient (Wildman–Crippen LogP) is 8.33. The van der Waals surface area contributed by atoms with Crippen LogP contribution in [0.5, 0.6) is 5.75 Å². The predicted molar refractivity (Wildman–Crippen MR) is 154 cm³/mol. The van der Waals surface area contributed by atoms with Gasteiger partial charge in [0.25, 0.3) is 0 Å². The lowest BCUT2D eigenvalue weighted by atomic mass is 10.1. The van der Waals surface area contributed by atoms with Gasteiger partial charge in [-0.15, -0.1) is 36.6 Å². The van der Waals surface area contributed by atoms with Crippen molar-refractivity contribution in [3.63, 3.8) is 0 Å². The number of rotatable bonds is 11. The molecule has 4 rings (SSSR count). The molecule has 0 unspecified atom stereocenters. The number of pyridine rings is 1. The molecule has 6 nitrogen and oxygen atoms in total. The number of unbranched alkanes of at least 4 members (excludes halogenated alkanes) is 2. The average molecular weight is 607 g/mol. The minimum atomic E-state index is -4.39. The monoisotopic (exact) mass is 605 g/mol. The fraction of sp³-hybridized carbons (Fsp3) is 0.444. The van der Waals surface area contributed by atoms with Gasteiger partial charge in [-0.3, -0.25) is 20.0 Å². The molecule has 0 spiro atoms. The number of fused-ring (bicyclic) bond motifs is 1. The van der Waals surface area contributed by atoms with E-state index in [4.69, 9.17) is 4.74 Å². The van der Waals surface area contributed by atoms with Crippen LogP contribution in [0.1, 0.15) is 49.7 Å². The van der Waals surface area contributed by atoms with E-state index in [9.17, 15) is 23.3 Å². The molecule has 0 N–H and O–H groups in total. The summed E-state index contributed by atoms with van der Waals surface area (Å²) < 4.78 is 44.6. The third-order valence-electron chi connectivity index (χ3n) is 6.41. The van der Waals surface area contributed by atoms with E-state index in [-0.39, 0.29) is 35.4 Å². The van der Waals surface area contributed by atoms with E-state index in [2.05, 4.69) is 9.88 Å².